The highest BCUT2D eigenvalue weighted by molar-refractivity contribution is 5.76. The Hall–Kier alpha value is -1.35. The minimum atomic E-state index is 0.150. The van der Waals surface area contributed by atoms with Gasteiger partial charge in [-0.1, -0.05) is 6.07 Å². The van der Waals surface area contributed by atoms with Crippen LogP contribution in [0.5, 0.6) is 0 Å². The molecule has 1 N–H and O–H groups in total. The number of rotatable bonds is 2. The van der Waals surface area contributed by atoms with Gasteiger partial charge in [0.2, 0.25) is 0 Å². The van der Waals surface area contributed by atoms with Crippen molar-refractivity contribution in [1.29, 1.82) is 0 Å². The Kier molecular flexibility index (Phi) is 2.10. The molecule has 2 aromatic rings. The highest BCUT2D eigenvalue weighted by Gasteiger charge is 2.31. The largest absolute Gasteiger partial charge is 0.327 e. The van der Waals surface area contributed by atoms with Crippen molar-refractivity contribution in [2.24, 2.45) is 0 Å². The van der Waals surface area contributed by atoms with Crippen molar-refractivity contribution >= 4 is 11.0 Å². The third kappa shape index (κ3) is 1.50. The molecule has 1 atom stereocenters. The van der Waals surface area contributed by atoms with E-state index in [-0.39, 0.29) is 5.54 Å². The van der Waals surface area contributed by atoms with Crippen molar-refractivity contribution in [1.82, 2.24) is 14.9 Å². The van der Waals surface area contributed by atoms with Crippen molar-refractivity contribution in [3.8, 4) is 0 Å². The van der Waals surface area contributed by atoms with E-state index in [2.05, 4.69) is 40.0 Å². The van der Waals surface area contributed by atoms with Gasteiger partial charge in [-0.05, 0) is 56.8 Å². The summed E-state index contributed by atoms with van der Waals surface area (Å²) in [5.41, 5.74) is 3.98. The van der Waals surface area contributed by atoms with E-state index in [4.69, 9.17) is 0 Å². The summed E-state index contributed by atoms with van der Waals surface area (Å²) in [4.78, 5) is 4.58. The molecule has 0 radical (unpaired) electrons. The summed E-state index contributed by atoms with van der Waals surface area (Å²) in [6, 6.07) is 7.51. The molecule has 1 aromatic heterocycles. The Bertz CT molecular complexity index is 589. The van der Waals surface area contributed by atoms with Crippen LogP contribution in [0.1, 0.15) is 44.2 Å². The first-order valence-electron chi connectivity index (χ1n) is 6.98. The predicted octanol–water partition coefficient (Wildman–Crippen LogP) is 2.97. The number of fused-ring (bicyclic) bond motifs is 1. The van der Waals surface area contributed by atoms with E-state index >= 15 is 0 Å². The van der Waals surface area contributed by atoms with Crippen LogP contribution in [-0.2, 0) is 5.54 Å². The molecule has 1 aliphatic carbocycles. The Labute approximate surface area is 107 Å². The molecule has 2 aliphatic rings. The second kappa shape index (κ2) is 3.58. The summed E-state index contributed by atoms with van der Waals surface area (Å²) in [7, 11) is 0. The van der Waals surface area contributed by atoms with E-state index in [0.29, 0.717) is 6.04 Å². The molecule has 1 saturated heterocycles. The zero-order chi connectivity index (χ0) is 12.2. The fraction of sp³-hybridized carbons (Fsp3) is 0.533. The maximum atomic E-state index is 4.58. The van der Waals surface area contributed by atoms with Crippen LogP contribution in [0.15, 0.2) is 24.5 Å². The van der Waals surface area contributed by atoms with Crippen LogP contribution < -0.4 is 5.32 Å². The van der Waals surface area contributed by atoms with Gasteiger partial charge in [0, 0.05) is 11.6 Å². The quantitative estimate of drug-likeness (QED) is 0.876. The highest BCUT2D eigenvalue weighted by Crippen LogP contribution is 2.38. The molecule has 94 valence electrons. The van der Waals surface area contributed by atoms with Gasteiger partial charge in [0.1, 0.15) is 0 Å². The first-order chi connectivity index (χ1) is 8.76. The number of nitrogens with zero attached hydrogens (tertiary/aromatic N) is 2. The third-order valence-electron chi connectivity index (χ3n) is 4.52. The van der Waals surface area contributed by atoms with Gasteiger partial charge in [-0.2, -0.15) is 0 Å². The van der Waals surface area contributed by atoms with E-state index in [0.717, 1.165) is 12.1 Å². The van der Waals surface area contributed by atoms with Gasteiger partial charge in [-0.25, -0.2) is 4.98 Å². The molecule has 2 fully saturated rings. The topological polar surface area (TPSA) is 29.9 Å². The minimum absolute atomic E-state index is 0.150. The van der Waals surface area contributed by atoms with Crippen LogP contribution in [0.3, 0.4) is 0 Å². The third-order valence-corrected chi connectivity index (χ3v) is 4.52. The average Bonchev–Trinajstić information content (AvgIpc) is 2.98. The smallest absolute Gasteiger partial charge is 0.0960 e. The number of hydrogen-bond donors (Lipinski definition) is 1. The fourth-order valence-electron chi connectivity index (χ4n) is 3.16. The average molecular weight is 241 g/mol. The van der Waals surface area contributed by atoms with Gasteiger partial charge in [0.25, 0.3) is 0 Å². The minimum Gasteiger partial charge on any atom is -0.327 e. The Morgan fingerprint density at radius 3 is 3.00 bits per heavy atom. The van der Waals surface area contributed by atoms with Crippen LogP contribution in [0.25, 0.3) is 11.0 Å². The van der Waals surface area contributed by atoms with Crippen LogP contribution in [0.4, 0.5) is 0 Å². The van der Waals surface area contributed by atoms with Gasteiger partial charge in [-0.3, -0.25) is 0 Å². The zero-order valence-corrected chi connectivity index (χ0v) is 10.8. The summed E-state index contributed by atoms with van der Waals surface area (Å²) >= 11 is 0. The Morgan fingerprint density at radius 2 is 2.28 bits per heavy atom. The molecule has 3 heteroatoms. The molecule has 0 bridgehead atoms. The molecule has 1 aliphatic heterocycles. The van der Waals surface area contributed by atoms with E-state index in [1.165, 1.54) is 36.8 Å². The summed E-state index contributed by atoms with van der Waals surface area (Å²) in [5, 5.41) is 3.62. The van der Waals surface area contributed by atoms with E-state index in [1.54, 1.807) is 0 Å². The summed E-state index contributed by atoms with van der Waals surface area (Å²) < 4.78 is 2.34. The van der Waals surface area contributed by atoms with Crippen LogP contribution in [-0.4, -0.2) is 16.1 Å². The summed E-state index contributed by atoms with van der Waals surface area (Å²) in [5.74, 6) is 0. The van der Waals surface area contributed by atoms with Gasteiger partial charge in [-0.15, -0.1) is 0 Å². The van der Waals surface area contributed by atoms with Crippen molar-refractivity contribution in [3.05, 3.63) is 30.1 Å². The monoisotopic (exact) mass is 241 g/mol. The number of aromatic nitrogens is 2. The van der Waals surface area contributed by atoms with Gasteiger partial charge in [0.15, 0.2) is 0 Å². The number of hydrogen-bond acceptors (Lipinski definition) is 2. The molecule has 2 heterocycles. The van der Waals surface area contributed by atoms with Crippen molar-refractivity contribution < 1.29 is 0 Å². The molecule has 0 spiro atoms. The first-order valence-corrected chi connectivity index (χ1v) is 6.98. The number of nitrogens with one attached hydrogen (secondary N) is 1. The Balaban J connectivity index is 1.80. The second-order valence-electron chi connectivity index (χ2n) is 5.95. The van der Waals surface area contributed by atoms with E-state index in [1.807, 2.05) is 6.33 Å². The molecular formula is C15H19N3. The van der Waals surface area contributed by atoms with Crippen molar-refractivity contribution in [2.75, 3.05) is 6.54 Å². The lowest BCUT2D eigenvalue weighted by Gasteiger charge is -2.25. The lowest BCUT2D eigenvalue weighted by molar-refractivity contribution is 0.435. The molecule has 1 saturated carbocycles. The number of benzene rings is 1. The van der Waals surface area contributed by atoms with Crippen LogP contribution >= 0.6 is 0 Å². The summed E-state index contributed by atoms with van der Waals surface area (Å²) in [6.45, 7) is 3.43. The van der Waals surface area contributed by atoms with Gasteiger partial charge < -0.3 is 9.88 Å². The van der Waals surface area contributed by atoms with Crippen LogP contribution in [0.2, 0.25) is 0 Å². The van der Waals surface area contributed by atoms with Crippen molar-refractivity contribution in [3.63, 3.8) is 0 Å². The molecule has 1 aromatic carbocycles. The number of imidazole rings is 1. The fourth-order valence-corrected chi connectivity index (χ4v) is 3.16. The molecule has 18 heavy (non-hydrogen) atoms. The normalized spacial score (nSPS) is 28.1. The predicted molar refractivity (Wildman–Crippen MR) is 72.6 cm³/mol. The molecule has 3 nitrogen and oxygen atoms in total. The van der Waals surface area contributed by atoms with E-state index in [9.17, 15) is 0 Å². The SMILES string of the molecule is CC1(c2ccc3c(c2)ncn3C2CC2)CCCN1. The summed E-state index contributed by atoms with van der Waals surface area (Å²) in [6.07, 6.45) is 7.13. The maximum absolute atomic E-state index is 4.58. The van der Waals surface area contributed by atoms with E-state index < -0.39 is 0 Å². The first kappa shape index (κ1) is 10.6. The van der Waals surface area contributed by atoms with Crippen LogP contribution in [0, 0.1) is 0 Å². The molecule has 4 rings (SSSR count). The standard InChI is InChI=1S/C15H19N3/c1-15(7-2-8-17-15)11-3-6-14-13(9-11)16-10-18(14)12-4-5-12/h3,6,9-10,12,17H,2,4-5,7-8H2,1H3. The molecule has 0 amide bonds. The molecule has 1 unspecified atom stereocenters. The lowest BCUT2D eigenvalue weighted by Crippen LogP contribution is -2.32. The second-order valence-corrected chi connectivity index (χ2v) is 5.95. The van der Waals surface area contributed by atoms with Gasteiger partial charge >= 0.3 is 0 Å². The highest BCUT2D eigenvalue weighted by atomic mass is 15.1. The maximum Gasteiger partial charge on any atom is 0.0960 e. The molecular weight excluding hydrogens is 222 g/mol. The zero-order valence-electron chi connectivity index (χ0n) is 10.8. The Morgan fingerprint density at radius 1 is 1.39 bits per heavy atom. The lowest BCUT2D eigenvalue weighted by atomic mass is 9.90. The van der Waals surface area contributed by atoms with Crippen molar-refractivity contribution in [2.45, 2.75) is 44.2 Å². The van der Waals surface area contributed by atoms with Gasteiger partial charge in [0.05, 0.1) is 17.4 Å².